The topological polar surface area (TPSA) is 120 Å². The Morgan fingerprint density at radius 1 is 1.02 bits per heavy atom. The summed E-state index contributed by atoms with van der Waals surface area (Å²) < 4.78 is 47.5. The number of hydrogen-bond donors (Lipinski definition) is 3. The molecule has 4 rings (SSSR count). The Morgan fingerprint density at radius 2 is 1.67 bits per heavy atom. The molecule has 0 radical (unpaired) electrons. The summed E-state index contributed by atoms with van der Waals surface area (Å²) in [4.78, 5) is 40.5. The Labute approximate surface area is 268 Å². The van der Waals surface area contributed by atoms with Crippen molar-refractivity contribution < 1.29 is 42.1 Å². The highest BCUT2D eigenvalue weighted by Crippen LogP contribution is 2.37. The molecule has 15 heteroatoms. The molecule has 0 saturated carbocycles. The summed E-state index contributed by atoms with van der Waals surface area (Å²) >= 11 is 12.3. The van der Waals surface area contributed by atoms with Gasteiger partial charge in [-0.1, -0.05) is 35.3 Å². The smallest absolute Gasteiger partial charge is 0.474 e. The number of halogens is 5. The van der Waals surface area contributed by atoms with Crippen LogP contribution < -0.4 is 20.3 Å². The number of ether oxygens (including phenoxy) is 2. The Morgan fingerprint density at radius 3 is 2.27 bits per heavy atom. The quantitative estimate of drug-likeness (QED) is 0.268. The molecule has 2 heterocycles. The lowest BCUT2D eigenvalue weighted by Crippen LogP contribution is -2.49. The SMILES string of the molecule is CNC(=O)c1cc(Cl)c(OC(C)(C)C(=O)OC(=O)C(F)(F)F)cc1N1CC(O)C(NC2CCN(Cc3ccc(Cl)cc3)CC2)C1. The molecule has 3 N–H and O–H groups in total. The molecular weight excluding hydrogens is 640 g/mol. The number of hydrogen-bond acceptors (Lipinski definition) is 9. The first kappa shape index (κ1) is 34.8. The zero-order chi connectivity index (χ0) is 33.1. The van der Waals surface area contributed by atoms with Crippen LogP contribution in [0.5, 0.6) is 5.75 Å². The van der Waals surface area contributed by atoms with Crippen LogP contribution in [-0.4, -0.2) is 91.0 Å². The molecule has 10 nitrogen and oxygen atoms in total. The number of nitrogens with one attached hydrogen (secondary N) is 2. The number of anilines is 1. The first-order chi connectivity index (χ1) is 21.1. The van der Waals surface area contributed by atoms with E-state index in [1.807, 2.05) is 24.3 Å². The summed E-state index contributed by atoms with van der Waals surface area (Å²) in [6.45, 7) is 5.27. The van der Waals surface area contributed by atoms with Crippen molar-refractivity contribution in [2.45, 2.75) is 63.2 Å². The minimum absolute atomic E-state index is 0.111. The van der Waals surface area contributed by atoms with Crippen molar-refractivity contribution in [3.8, 4) is 5.75 Å². The molecule has 2 fully saturated rings. The van der Waals surface area contributed by atoms with E-state index in [2.05, 4.69) is 20.3 Å². The number of benzene rings is 2. The maximum atomic E-state index is 12.8. The molecule has 246 valence electrons. The van der Waals surface area contributed by atoms with Gasteiger partial charge in [0.2, 0.25) is 5.60 Å². The summed E-state index contributed by atoms with van der Waals surface area (Å²) in [5.74, 6) is -4.88. The van der Waals surface area contributed by atoms with Gasteiger partial charge in [0.25, 0.3) is 5.91 Å². The van der Waals surface area contributed by atoms with E-state index in [0.29, 0.717) is 17.3 Å². The number of likely N-dealkylation sites (tertiary alicyclic amines) is 1. The lowest BCUT2D eigenvalue weighted by Gasteiger charge is -2.34. The highest BCUT2D eigenvalue weighted by Gasteiger charge is 2.46. The predicted molar refractivity (Wildman–Crippen MR) is 162 cm³/mol. The molecular formula is C30H35Cl2F3N4O6. The average Bonchev–Trinajstić information content (AvgIpc) is 3.34. The van der Waals surface area contributed by atoms with E-state index in [0.717, 1.165) is 46.3 Å². The molecule has 2 unspecified atom stereocenters. The fraction of sp³-hybridized carbons (Fsp3) is 0.500. The van der Waals surface area contributed by atoms with E-state index in [1.54, 1.807) is 4.90 Å². The highest BCUT2D eigenvalue weighted by atomic mass is 35.5. The molecule has 0 bridgehead atoms. The molecule has 2 aliphatic rings. The molecule has 2 aromatic rings. The number of esters is 2. The van der Waals surface area contributed by atoms with Crippen LogP contribution in [0.4, 0.5) is 18.9 Å². The minimum Gasteiger partial charge on any atom is -0.474 e. The van der Waals surface area contributed by atoms with Gasteiger partial charge in [-0.05, 0) is 63.5 Å². The van der Waals surface area contributed by atoms with Gasteiger partial charge in [0.15, 0.2) is 0 Å². The molecule has 2 atom stereocenters. The van der Waals surface area contributed by atoms with Crippen LogP contribution in [0, 0.1) is 0 Å². The molecule has 2 saturated heterocycles. The van der Waals surface area contributed by atoms with E-state index in [-0.39, 0.29) is 35.0 Å². The van der Waals surface area contributed by atoms with Gasteiger partial charge in [0.05, 0.1) is 28.4 Å². The van der Waals surface area contributed by atoms with Gasteiger partial charge in [0, 0.05) is 43.8 Å². The summed E-state index contributed by atoms with van der Waals surface area (Å²) in [5, 5.41) is 17.6. The van der Waals surface area contributed by atoms with Crippen molar-refractivity contribution >= 4 is 46.7 Å². The van der Waals surface area contributed by atoms with Crippen LogP contribution in [0.25, 0.3) is 0 Å². The van der Waals surface area contributed by atoms with E-state index in [4.69, 9.17) is 27.9 Å². The van der Waals surface area contributed by atoms with Crippen LogP contribution >= 0.6 is 23.2 Å². The summed E-state index contributed by atoms with van der Waals surface area (Å²) in [6, 6.07) is 10.3. The number of β-amino-alcohol motifs (C(OH)–C–C–N with tert-alkyl or cyclic N) is 1. The fourth-order valence-corrected chi connectivity index (χ4v) is 5.66. The number of piperidine rings is 1. The second-order valence-corrected chi connectivity index (χ2v) is 12.4. The molecule has 0 aromatic heterocycles. The maximum Gasteiger partial charge on any atom is 0.491 e. The van der Waals surface area contributed by atoms with Crippen molar-refractivity contribution in [1.29, 1.82) is 0 Å². The van der Waals surface area contributed by atoms with E-state index >= 15 is 0 Å². The number of rotatable bonds is 9. The molecule has 1 amide bonds. The number of nitrogens with zero attached hydrogens (tertiary/aromatic N) is 2. The standard InChI is InChI=1S/C30H35Cl2F3N4O6/c1-29(2,27(42)44-28(43)30(33,34)35)45-25-13-23(20(12-21(25)32)26(41)36-3)39-15-22(24(40)16-39)37-19-8-10-38(11-9-19)14-17-4-6-18(31)7-5-17/h4-7,12-13,19,22,24,37,40H,8-11,14-16H2,1-3H3,(H,36,41). The first-order valence-electron chi connectivity index (χ1n) is 14.3. The number of amides is 1. The number of aliphatic hydroxyl groups excluding tert-OH is 1. The Kier molecular flexibility index (Phi) is 10.9. The summed E-state index contributed by atoms with van der Waals surface area (Å²) in [5.41, 5.74) is -0.398. The van der Waals surface area contributed by atoms with Crippen LogP contribution in [0.3, 0.4) is 0 Å². The fourth-order valence-electron chi connectivity index (χ4n) is 5.34. The van der Waals surface area contributed by atoms with Crippen molar-refractivity contribution in [3.63, 3.8) is 0 Å². The van der Waals surface area contributed by atoms with Crippen molar-refractivity contribution in [3.05, 3.63) is 57.6 Å². The van der Waals surface area contributed by atoms with E-state index in [9.17, 15) is 32.7 Å². The molecule has 2 aromatic carbocycles. The number of aliphatic hydroxyl groups is 1. The summed E-state index contributed by atoms with van der Waals surface area (Å²) in [6.07, 6.45) is -4.40. The second kappa shape index (κ2) is 14.1. The second-order valence-electron chi connectivity index (χ2n) is 11.6. The van der Waals surface area contributed by atoms with E-state index < -0.39 is 35.7 Å². The summed E-state index contributed by atoms with van der Waals surface area (Å²) in [7, 11) is 1.43. The third-order valence-electron chi connectivity index (χ3n) is 7.78. The van der Waals surface area contributed by atoms with Gasteiger partial charge in [-0.15, -0.1) is 0 Å². The normalized spacial score (nSPS) is 19.8. The highest BCUT2D eigenvalue weighted by molar-refractivity contribution is 6.32. The molecule has 2 aliphatic heterocycles. The van der Waals surface area contributed by atoms with Crippen LogP contribution in [-0.2, 0) is 20.9 Å². The van der Waals surface area contributed by atoms with Crippen LogP contribution in [0.1, 0.15) is 42.6 Å². The van der Waals surface area contributed by atoms with Gasteiger partial charge < -0.3 is 30.1 Å². The minimum atomic E-state index is -5.37. The van der Waals surface area contributed by atoms with E-state index in [1.165, 1.54) is 24.7 Å². The van der Waals surface area contributed by atoms with Crippen LogP contribution in [0.15, 0.2) is 36.4 Å². The molecule has 0 aliphatic carbocycles. The van der Waals surface area contributed by atoms with Gasteiger partial charge >= 0.3 is 18.1 Å². The Hall–Kier alpha value is -3.10. The van der Waals surface area contributed by atoms with Gasteiger partial charge in [0.1, 0.15) is 5.75 Å². The zero-order valence-electron chi connectivity index (χ0n) is 24.9. The van der Waals surface area contributed by atoms with Crippen LogP contribution in [0.2, 0.25) is 10.0 Å². The Bertz CT molecular complexity index is 1400. The first-order valence-corrected chi connectivity index (χ1v) is 15.1. The van der Waals surface area contributed by atoms with Crippen molar-refractivity contribution in [2.75, 3.05) is 38.1 Å². The Balaban J connectivity index is 1.44. The maximum absolute atomic E-state index is 12.8. The van der Waals surface area contributed by atoms with Gasteiger partial charge in [-0.3, -0.25) is 9.69 Å². The van der Waals surface area contributed by atoms with Gasteiger partial charge in [-0.25, -0.2) is 9.59 Å². The third kappa shape index (κ3) is 8.79. The molecule has 45 heavy (non-hydrogen) atoms. The number of carbonyl (C=O) groups is 3. The molecule has 0 spiro atoms. The largest absolute Gasteiger partial charge is 0.491 e. The third-order valence-corrected chi connectivity index (χ3v) is 8.33. The zero-order valence-corrected chi connectivity index (χ0v) is 26.4. The monoisotopic (exact) mass is 674 g/mol. The predicted octanol–water partition coefficient (Wildman–Crippen LogP) is 3.95. The number of alkyl halides is 3. The van der Waals surface area contributed by atoms with Crippen molar-refractivity contribution in [1.82, 2.24) is 15.5 Å². The van der Waals surface area contributed by atoms with Crippen molar-refractivity contribution in [2.24, 2.45) is 0 Å². The lowest BCUT2D eigenvalue weighted by atomic mass is 10.0. The average molecular weight is 676 g/mol. The van der Waals surface area contributed by atoms with Gasteiger partial charge in [-0.2, -0.15) is 13.2 Å². The number of carbonyl (C=O) groups excluding carboxylic acids is 3. The lowest BCUT2D eigenvalue weighted by molar-refractivity contribution is -0.206.